The lowest BCUT2D eigenvalue weighted by Crippen LogP contribution is -2.27. The first-order chi connectivity index (χ1) is 10.2. The zero-order valence-corrected chi connectivity index (χ0v) is 11.6. The quantitative estimate of drug-likeness (QED) is 0.882. The Labute approximate surface area is 122 Å². The molecule has 0 bridgehead atoms. The molecule has 1 aromatic heterocycles. The van der Waals surface area contributed by atoms with Gasteiger partial charge in [0, 0.05) is 24.4 Å². The van der Waals surface area contributed by atoms with Crippen molar-refractivity contribution in [3.05, 3.63) is 35.6 Å². The van der Waals surface area contributed by atoms with Crippen molar-refractivity contribution in [1.29, 1.82) is 5.26 Å². The lowest BCUT2D eigenvalue weighted by Gasteiger charge is -2.19. The number of nitriles is 1. The highest BCUT2D eigenvalue weighted by Gasteiger charge is 2.31. The lowest BCUT2D eigenvalue weighted by molar-refractivity contribution is 0.0694. The zero-order chi connectivity index (χ0) is 14.8. The molecule has 1 fully saturated rings. The van der Waals surface area contributed by atoms with E-state index >= 15 is 0 Å². The summed E-state index contributed by atoms with van der Waals surface area (Å²) in [7, 11) is 0. The third-order valence-electron chi connectivity index (χ3n) is 3.80. The summed E-state index contributed by atoms with van der Waals surface area (Å²) in [6, 6.07) is 9.78. The average molecular weight is 284 g/mol. The molecule has 108 valence electrons. The number of carbonyl (C=O) groups is 1. The highest BCUT2D eigenvalue weighted by atomic mass is 16.4. The maximum absolute atomic E-state index is 11.5. The molecule has 0 atom stereocenters. The zero-order valence-electron chi connectivity index (χ0n) is 11.6. The van der Waals surface area contributed by atoms with E-state index in [1.54, 1.807) is 12.1 Å². The molecule has 1 N–H and O–H groups in total. The van der Waals surface area contributed by atoms with Gasteiger partial charge in [0.05, 0.1) is 12.6 Å². The van der Waals surface area contributed by atoms with Gasteiger partial charge in [-0.15, -0.1) is 0 Å². The third-order valence-corrected chi connectivity index (χ3v) is 3.80. The molecular weight excluding hydrogens is 268 g/mol. The number of hydrogen-bond acceptors (Lipinski definition) is 4. The van der Waals surface area contributed by atoms with Gasteiger partial charge >= 0.3 is 5.97 Å². The van der Waals surface area contributed by atoms with E-state index < -0.39 is 5.97 Å². The van der Waals surface area contributed by atoms with E-state index in [9.17, 15) is 9.90 Å². The van der Waals surface area contributed by atoms with Crippen LogP contribution in [0.3, 0.4) is 0 Å². The van der Waals surface area contributed by atoms with Crippen LogP contribution in [0.2, 0.25) is 0 Å². The van der Waals surface area contributed by atoms with Gasteiger partial charge in [0.15, 0.2) is 0 Å². The normalized spacial score (nSPS) is 14.5. The van der Waals surface area contributed by atoms with Gasteiger partial charge in [-0.2, -0.15) is 5.26 Å². The summed E-state index contributed by atoms with van der Waals surface area (Å²) in [5.41, 5.74) is 0.842. The van der Waals surface area contributed by atoms with Crippen LogP contribution in [0.1, 0.15) is 35.4 Å². The molecule has 1 aliphatic rings. The molecular formula is C16H16N2O3. The van der Waals surface area contributed by atoms with E-state index in [-0.39, 0.29) is 5.56 Å². The first-order valence-electron chi connectivity index (χ1n) is 7.05. The van der Waals surface area contributed by atoms with Gasteiger partial charge in [-0.05, 0) is 18.9 Å². The number of carboxylic acid groups (broad SMARTS) is 1. The Kier molecular flexibility index (Phi) is 3.63. The number of aromatic carboxylic acids is 1. The summed E-state index contributed by atoms with van der Waals surface area (Å²) >= 11 is 0. The molecule has 5 nitrogen and oxygen atoms in total. The van der Waals surface area contributed by atoms with Crippen LogP contribution in [-0.2, 0) is 6.54 Å². The summed E-state index contributed by atoms with van der Waals surface area (Å²) in [4.78, 5) is 13.7. The van der Waals surface area contributed by atoms with Gasteiger partial charge < -0.3 is 9.52 Å². The molecule has 0 saturated heterocycles. The van der Waals surface area contributed by atoms with Crippen molar-refractivity contribution >= 4 is 16.9 Å². The van der Waals surface area contributed by atoms with Gasteiger partial charge in [-0.3, -0.25) is 4.90 Å². The molecule has 0 unspecified atom stereocenters. The Bertz CT molecular complexity index is 710. The van der Waals surface area contributed by atoms with Crippen LogP contribution in [0, 0.1) is 11.3 Å². The first-order valence-corrected chi connectivity index (χ1v) is 7.05. The van der Waals surface area contributed by atoms with Crippen molar-refractivity contribution in [3.8, 4) is 6.07 Å². The minimum Gasteiger partial charge on any atom is -0.478 e. The van der Waals surface area contributed by atoms with E-state index in [0.29, 0.717) is 42.3 Å². The van der Waals surface area contributed by atoms with E-state index in [2.05, 4.69) is 11.0 Å². The summed E-state index contributed by atoms with van der Waals surface area (Å²) in [6.45, 7) is 1.10. The summed E-state index contributed by atoms with van der Waals surface area (Å²) in [5.74, 6) is -0.487. The fraction of sp³-hybridized carbons (Fsp3) is 0.375. The molecule has 1 aromatic carbocycles. The molecule has 3 rings (SSSR count). The van der Waals surface area contributed by atoms with Gasteiger partial charge in [0.1, 0.15) is 16.9 Å². The fourth-order valence-corrected chi connectivity index (χ4v) is 2.65. The SMILES string of the molecule is N#CCCN(Cc1oc2ccccc2c1C(=O)O)C1CC1. The number of nitrogens with zero attached hydrogens (tertiary/aromatic N) is 2. The number of carboxylic acids is 1. The van der Waals surface area contributed by atoms with Crippen LogP contribution in [0.4, 0.5) is 0 Å². The Balaban J connectivity index is 1.93. The molecule has 1 aliphatic carbocycles. The van der Waals surface area contributed by atoms with Gasteiger partial charge in [0.25, 0.3) is 0 Å². The molecule has 0 spiro atoms. The molecule has 0 amide bonds. The summed E-state index contributed by atoms with van der Waals surface area (Å²) in [6.07, 6.45) is 2.65. The maximum atomic E-state index is 11.5. The van der Waals surface area contributed by atoms with Gasteiger partial charge in [0.2, 0.25) is 0 Å². The minimum atomic E-state index is -0.967. The second-order valence-corrected chi connectivity index (χ2v) is 5.31. The standard InChI is InChI=1S/C16H16N2O3/c17-8-3-9-18(11-6-7-11)10-14-15(16(19)20)12-4-1-2-5-13(12)21-14/h1-2,4-5,11H,3,6-7,9-10H2,(H,19,20). The predicted molar refractivity (Wildman–Crippen MR) is 76.8 cm³/mol. The average Bonchev–Trinajstić information content (AvgIpc) is 3.23. The van der Waals surface area contributed by atoms with E-state index in [0.717, 1.165) is 12.8 Å². The largest absolute Gasteiger partial charge is 0.478 e. The van der Waals surface area contributed by atoms with Crippen molar-refractivity contribution in [3.63, 3.8) is 0 Å². The number of furan rings is 1. The van der Waals surface area contributed by atoms with Crippen LogP contribution in [0.5, 0.6) is 0 Å². The number of hydrogen-bond donors (Lipinski definition) is 1. The second-order valence-electron chi connectivity index (χ2n) is 5.31. The number of rotatable bonds is 6. The van der Waals surface area contributed by atoms with E-state index in [1.165, 1.54) is 0 Å². The Morgan fingerprint density at radius 2 is 2.19 bits per heavy atom. The van der Waals surface area contributed by atoms with Crippen LogP contribution in [0.15, 0.2) is 28.7 Å². The first kappa shape index (κ1) is 13.7. The highest BCUT2D eigenvalue weighted by molar-refractivity contribution is 6.03. The van der Waals surface area contributed by atoms with Gasteiger partial charge in [-0.1, -0.05) is 18.2 Å². The lowest BCUT2D eigenvalue weighted by atomic mass is 10.1. The predicted octanol–water partition coefficient (Wildman–Crippen LogP) is 3.01. The second kappa shape index (κ2) is 5.58. The molecule has 21 heavy (non-hydrogen) atoms. The minimum absolute atomic E-state index is 0.244. The molecule has 1 saturated carbocycles. The monoisotopic (exact) mass is 284 g/mol. The Morgan fingerprint density at radius 1 is 1.43 bits per heavy atom. The van der Waals surface area contributed by atoms with Crippen molar-refractivity contribution in [2.75, 3.05) is 6.54 Å². The number of fused-ring (bicyclic) bond motifs is 1. The highest BCUT2D eigenvalue weighted by Crippen LogP contribution is 2.32. The van der Waals surface area contributed by atoms with Gasteiger partial charge in [-0.25, -0.2) is 4.79 Å². The summed E-state index contributed by atoms with van der Waals surface area (Å²) < 4.78 is 5.74. The third kappa shape index (κ3) is 2.76. The van der Waals surface area contributed by atoms with Crippen molar-refractivity contribution in [1.82, 2.24) is 4.90 Å². The van der Waals surface area contributed by atoms with Crippen molar-refractivity contribution in [2.45, 2.75) is 31.8 Å². The molecule has 2 aromatic rings. The van der Waals surface area contributed by atoms with Crippen LogP contribution in [-0.4, -0.2) is 28.6 Å². The summed E-state index contributed by atoms with van der Waals surface area (Å²) in [5, 5.41) is 18.8. The van der Waals surface area contributed by atoms with Crippen LogP contribution >= 0.6 is 0 Å². The van der Waals surface area contributed by atoms with Crippen LogP contribution < -0.4 is 0 Å². The molecule has 0 aliphatic heterocycles. The fourth-order valence-electron chi connectivity index (χ4n) is 2.65. The van der Waals surface area contributed by atoms with Crippen molar-refractivity contribution < 1.29 is 14.3 Å². The van der Waals surface area contributed by atoms with E-state index in [4.69, 9.17) is 9.68 Å². The Morgan fingerprint density at radius 3 is 2.86 bits per heavy atom. The molecule has 5 heteroatoms. The maximum Gasteiger partial charge on any atom is 0.339 e. The van der Waals surface area contributed by atoms with E-state index in [1.807, 2.05) is 12.1 Å². The topological polar surface area (TPSA) is 77.5 Å². The van der Waals surface area contributed by atoms with Crippen molar-refractivity contribution in [2.24, 2.45) is 0 Å². The number of para-hydroxylation sites is 1. The Hall–Kier alpha value is -2.32. The molecule has 1 heterocycles. The molecule has 0 radical (unpaired) electrons. The number of benzene rings is 1. The smallest absolute Gasteiger partial charge is 0.339 e. The van der Waals surface area contributed by atoms with Crippen LogP contribution in [0.25, 0.3) is 11.0 Å².